The van der Waals surface area contributed by atoms with Crippen LogP contribution in [0.1, 0.15) is 73.5 Å². The molecular weight excluding hydrogens is 694 g/mol. The quantitative estimate of drug-likeness (QED) is 0.0891. The van der Waals surface area contributed by atoms with Crippen molar-refractivity contribution in [3.63, 3.8) is 0 Å². The van der Waals surface area contributed by atoms with Gasteiger partial charge in [-0.05, 0) is 84.1 Å². The number of aromatic nitrogens is 2. The number of hydrogen-bond donors (Lipinski definition) is 0. The molecule has 6 aromatic rings. The lowest BCUT2D eigenvalue weighted by Gasteiger charge is -2.10. The van der Waals surface area contributed by atoms with Gasteiger partial charge < -0.3 is 0 Å². The molecule has 0 atom stereocenters. The smallest absolute Gasteiger partial charge is 0.289 e. The summed E-state index contributed by atoms with van der Waals surface area (Å²) in [6, 6.07) is 26.4. The van der Waals surface area contributed by atoms with Crippen LogP contribution in [-0.4, -0.2) is 21.1 Å². The fourth-order valence-electron chi connectivity index (χ4n) is 5.78. The average Bonchev–Trinajstić information content (AvgIpc) is 3.15. The Morgan fingerprint density at radius 3 is 1.53 bits per heavy atom. The van der Waals surface area contributed by atoms with Gasteiger partial charge >= 0.3 is 12.4 Å². The van der Waals surface area contributed by atoms with Crippen LogP contribution in [0, 0.1) is 0 Å². The zero-order valence-corrected chi connectivity index (χ0v) is 28.1. The average molecular weight is 723 g/mol. The van der Waals surface area contributed by atoms with E-state index in [9.17, 15) is 40.7 Å². The van der Waals surface area contributed by atoms with Gasteiger partial charge in [-0.25, -0.2) is 4.98 Å². The number of allylic oxidation sites excluding steroid dienone is 2. The second-order valence-electron chi connectivity index (χ2n) is 12.3. The molecule has 0 aliphatic rings. The lowest BCUT2D eigenvalue weighted by atomic mass is 9.96. The summed E-state index contributed by atoms with van der Waals surface area (Å²) in [6.45, 7) is 3.55. The number of halogens is 6. The minimum Gasteiger partial charge on any atom is -0.289 e. The molecule has 0 amide bonds. The number of nitrogens with zero attached hydrogens (tertiary/aromatic N) is 2. The van der Waals surface area contributed by atoms with E-state index in [0.29, 0.717) is 38.7 Å². The molecule has 5 aromatic carbocycles. The van der Waals surface area contributed by atoms with Gasteiger partial charge in [-0.2, -0.15) is 26.3 Å². The van der Waals surface area contributed by atoms with Gasteiger partial charge in [0.2, 0.25) is 0 Å². The fourth-order valence-corrected chi connectivity index (χ4v) is 5.78. The van der Waals surface area contributed by atoms with Crippen molar-refractivity contribution in [2.75, 3.05) is 0 Å². The summed E-state index contributed by atoms with van der Waals surface area (Å²) in [4.78, 5) is 44.6. The maximum absolute atomic E-state index is 13.9. The molecule has 0 aliphatic heterocycles. The lowest BCUT2D eigenvalue weighted by molar-refractivity contribution is -0.138. The van der Waals surface area contributed by atoms with Crippen molar-refractivity contribution >= 4 is 45.9 Å². The van der Waals surface area contributed by atoms with Gasteiger partial charge in [-0.15, -0.1) is 0 Å². The van der Waals surface area contributed by atoms with Crippen LogP contribution in [0.25, 0.3) is 34.3 Å². The van der Waals surface area contributed by atoms with E-state index in [2.05, 4.69) is 4.98 Å². The first-order valence-corrected chi connectivity index (χ1v) is 16.1. The molecule has 266 valence electrons. The number of alkyl halides is 6. The second kappa shape index (κ2) is 14.3. The van der Waals surface area contributed by atoms with Gasteiger partial charge in [0.05, 0.1) is 22.0 Å². The van der Waals surface area contributed by atoms with Crippen LogP contribution in [0.5, 0.6) is 0 Å². The Morgan fingerprint density at radius 2 is 1.04 bits per heavy atom. The van der Waals surface area contributed by atoms with Crippen LogP contribution in [-0.2, 0) is 12.4 Å². The first-order valence-electron chi connectivity index (χ1n) is 16.1. The molecule has 6 rings (SSSR count). The Balaban J connectivity index is 1.28. The molecule has 1 heterocycles. The van der Waals surface area contributed by atoms with Crippen molar-refractivity contribution in [1.82, 2.24) is 9.55 Å². The normalized spacial score (nSPS) is 12.6. The van der Waals surface area contributed by atoms with Gasteiger partial charge in [0.25, 0.3) is 5.56 Å². The third-order valence-corrected chi connectivity index (χ3v) is 8.66. The molecule has 1 aromatic heterocycles. The van der Waals surface area contributed by atoms with Crippen molar-refractivity contribution in [2.45, 2.75) is 26.2 Å². The number of benzene rings is 5. The van der Waals surface area contributed by atoms with E-state index in [4.69, 9.17) is 0 Å². The van der Waals surface area contributed by atoms with E-state index in [1.54, 1.807) is 92.9 Å². The zero-order chi connectivity index (χ0) is 38.1. The van der Waals surface area contributed by atoms with Crippen molar-refractivity contribution in [1.29, 1.82) is 0 Å². The molecule has 0 bridgehead atoms. The van der Waals surface area contributed by atoms with E-state index < -0.39 is 35.0 Å². The van der Waals surface area contributed by atoms with Crippen LogP contribution in [0.2, 0.25) is 0 Å². The van der Waals surface area contributed by atoms with Crippen molar-refractivity contribution in [3.05, 3.63) is 182 Å². The Kier molecular flexibility index (Phi) is 9.86. The van der Waals surface area contributed by atoms with E-state index in [1.807, 2.05) is 0 Å². The molecule has 0 saturated heterocycles. The van der Waals surface area contributed by atoms with Gasteiger partial charge in [0.1, 0.15) is 6.33 Å². The third-order valence-electron chi connectivity index (χ3n) is 8.66. The second-order valence-corrected chi connectivity index (χ2v) is 12.3. The first-order chi connectivity index (χ1) is 25.1. The third kappa shape index (κ3) is 7.94. The van der Waals surface area contributed by atoms with Gasteiger partial charge in [0.15, 0.2) is 11.6 Å². The van der Waals surface area contributed by atoms with Crippen LogP contribution in [0.15, 0.2) is 126 Å². The Morgan fingerprint density at radius 1 is 0.585 bits per heavy atom. The highest BCUT2D eigenvalue weighted by molar-refractivity contribution is 6.10. The minimum atomic E-state index is -4.52. The predicted molar refractivity (Wildman–Crippen MR) is 192 cm³/mol. The number of hydrogen-bond acceptors (Lipinski definition) is 4. The summed E-state index contributed by atoms with van der Waals surface area (Å²) < 4.78 is 79.3. The number of carbonyl (C=O) groups is 2. The van der Waals surface area contributed by atoms with E-state index in [-0.39, 0.29) is 27.8 Å². The Labute approximate surface area is 299 Å². The van der Waals surface area contributed by atoms with Gasteiger partial charge in [-0.3, -0.25) is 19.0 Å². The molecule has 53 heavy (non-hydrogen) atoms. The zero-order valence-electron chi connectivity index (χ0n) is 28.1. The molecule has 5 nitrogen and oxygen atoms in total. The summed E-state index contributed by atoms with van der Waals surface area (Å²) >= 11 is 0. The summed E-state index contributed by atoms with van der Waals surface area (Å²) in [6.07, 6.45) is -4.31. The first kappa shape index (κ1) is 36.4. The lowest BCUT2D eigenvalue weighted by Crippen LogP contribution is -2.17. The van der Waals surface area contributed by atoms with Crippen LogP contribution >= 0.6 is 0 Å². The summed E-state index contributed by atoms with van der Waals surface area (Å²) in [5.74, 6) is -0.901. The summed E-state index contributed by atoms with van der Waals surface area (Å²) in [5, 5.41) is 0.321. The standard InChI is InChI=1S/C42H28F6N2O3/c1-25(29-6-3-9-32(21-29)38(51)27-12-16-34(17-13-27)41(43,44)45)20-31-8-5-11-36-37(31)40(53)50(24-49-36)23-26(2)30-7-4-10-33(22-30)39(52)28-14-18-35(19-15-28)42(46,47)48/h3-24H,1-2H3. The fraction of sp³-hybridized carbons (Fsp3) is 0.0952. The highest BCUT2D eigenvalue weighted by atomic mass is 19.4. The summed E-state index contributed by atoms with van der Waals surface area (Å²) in [5.41, 5.74) is 2.22. The summed E-state index contributed by atoms with van der Waals surface area (Å²) in [7, 11) is 0. The van der Waals surface area contributed by atoms with Gasteiger partial charge in [0, 0.05) is 28.5 Å². The van der Waals surface area contributed by atoms with Crippen LogP contribution in [0.3, 0.4) is 0 Å². The number of ketones is 2. The SMILES string of the molecule is CC(=Cc1cccc2ncn(C=C(C)c3cccc(C(=O)c4ccc(C(F)(F)F)cc4)c3)c(=O)c12)c1cccc(C(=O)c2ccc(C(F)(F)F)cc2)c1. The van der Waals surface area contributed by atoms with E-state index in [0.717, 1.165) is 48.5 Å². The molecule has 0 spiro atoms. The molecule has 0 saturated carbocycles. The van der Waals surface area contributed by atoms with E-state index in [1.165, 1.54) is 10.9 Å². The van der Waals surface area contributed by atoms with E-state index >= 15 is 0 Å². The largest absolute Gasteiger partial charge is 0.416 e. The number of carbonyl (C=O) groups excluding carboxylic acids is 2. The predicted octanol–water partition coefficient (Wildman–Crippen LogP) is 10.5. The number of rotatable bonds is 8. The maximum Gasteiger partial charge on any atom is 0.416 e. The molecule has 0 fully saturated rings. The van der Waals surface area contributed by atoms with Crippen molar-refractivity contribution < 1.29 is 35.9 Å². The van der Waals surface area contributed by atoms with Crippen molar-refractivity contribution in [2.24, 2.45) is 0 Å². The molecule has 0 unspecified atom stereocenters. The molecule has 11 heteroatoms. The van der Waals surface area contributed by atoms with Crippen LogP contribution in [0.4, 0.5) is 26.3 Å². The molecule has 0 radical (unpaired) electrons. The highest BCUT2D eigenvalue weighted by Gasteiger charge is 2.31. The molecule has 0 N–H and O–H groups in total. The maximum atomic E-state index is 13.9. The number of fused-ring (bicyclic) bond motifs is 1. The molecule has 0 aliphatic carbocycles. The topological polar surface area (TPSA) is 69.0 Å². The Hall–Kier alpha value is -6.36. The Bertz CT molecular complexity index is 2490. The minimum absolute atomic E-state index is 0.0973. The van der Waals surface area contributed by atoms with Crippen molar-refractivity contribution in [3.8, 4) is 0 Å². The van der Waals surface area contributed by atoms with Gasteiger partial charge in [-0.1, -0.05) is 78.9 Å². The highest BCUT2D eigenvalue weighted by Crippen LogP contribution is 2.31. The molecular formula is C42H28F6N2O3. The van der Waals surface area contributed by atoms with Crippen LogP contribution < -0.4 is 5.56 Å². The monoisotopic (exact) mass is 722 g/mol.